The van der Waals surface area contributed by atoms with E-state index in [0.717, 1.165) is 4.31 Å². The predicted molar refractivity (Wildman–Crippen MR) is 53.4 cm³/mol. The van der Waals surface area contributed by atoms with Gasteiger partial charge in [-0.1, -0.05) is 0 Å². The van der Waals surface area contributed by atoms with Gasteiger partial charge in [0, 0.05) is 13.1 Å². The van der Waals surface area contributed by atoms with E-state index < -0.39 is 22.3 Å². The van der Waals surface area contributed by atoms with Crippen molar-refractivity contribution in [2.75, 3.05) is 20.3 Å². The fourth-order valence-corrected chi connectivity index (χ4v) is 1.64. The van der Waals surface area contributed by atoms with Crippen molar-refractivity contribution >= 4 is 16.3 Å². The number of nitrogens with zero attached hydrogens (tertiary/aromatic N) is 1. The minimum Gasteiger partial charge on any atom is -0.449 e. The number of likely N-dealkylation sites (N-methyl/N-ethyl adjacent to an activating group) is 1. The summed E-state index contributed by atoms with van der Waals surface area (Å²) in [6, 6.07) is -0.614. The molecule has 0 bridgehead atoms. The first-order chi connectivity index (χ1) is 6.85. The molecule has 0 aliphatic rings. The van der Waals surface area contributed by atoms with Gasteiger partial charge < -0.3 is 9.84 Å². The van der Waals surface area contributed by atoms with Gasteiger partial charge in [0.25, 0.3) is 0 Å². The molecule has 15 heavy (non-hydrogen) atoms. The third-order valence-corrected chi connectivity index (χ3v) is 3.29. The van der Waals surface area contributed by atoms with Gasteiger partial charge in [-0.25, -0.2) is 9.52 Å². The molecular weight excluding hydrogens is 224 g/mol. The van der Waals surface area contributed by atoms with Crippen LogP contribution in [0.4, 0.5) is 4.79 Å². The van der Waals surface area contributed by atoms with E-state index in [1.807, 2.05) is 0 Å². The molecule has 90 valence electrons. The normalized spacial score (nSPS) is 13.7. The molecule has 0 aromatic rings. The lowest BCUT2D eigenvalue weighted by molar-refractivity contribution is 0.157. The first-order valence-electron chi connectivity index (χ1n) is 4.38. The molecule has 2 N–H and O–H groups in total. The second-order valence-electron chi connectivity index (χ2n) is 2.88. The number of rotatable bonds is 5. The van der Waals surface area contributed by atoms with E-state index in [2.05, 4.69) is 4.74 Å². The zero-order valence-electron chi connectivity index (χ0n) is 8.93. The highest BCUT2D eigenvalue weighted by Gasteiger charge is 2.24. The Hall–Kier alpha value is -0.860. The average Bonchev–Trinajstić information content (AvgIpc) is 2.15. The monoisotopic (exact) mass is 240 g/mol. The maximum Gasteiger partial charge on any atom is 0.421 e. The summed E-state index contributed by atoms with van der Waals surface area (Å²) in [4.78, 5) is 10.9. The Morgan fingerprint density at radius 1 is 1.60 bits per heavy atom. The Bertz CT molecular complexity index is 303. The van der Waals surface area contributed by atoms with Crippen molar-refractivity contribution in [2.24, 2.45) is 0 Å². The van der Waals surface area contributed by atoms with E-state index in [4.69, 9.17) is 5.11 Å². The summed E-state index contributed by atoms with van der Waals surface area (Å²) >= 11 is 0. The van der Waals surface area contributed by atoms with Crippen molar-refractivity contribution in [3.8, 4) is 0 Å². The number of aliphatic hydroxyl groups excluding tert-OH is 1. The van der Waals surface area contributed by atoms with Crippen LogP contribution >= 0.6 is 0 Å². The molecule has 0 saturated carbocycles. The fraction of sp³-hybridized carbons (Fsp3) is 0.857. The molecule has 1 unspecified atom stereocenters. The zero-order valence-corrected chi connectivity index (χ0v) is 9.74. The Kier molecular flexibility index (Phi) is 5.55. The number of hydrogen-bond acceptors (Lipinski definition) is 5. The standard InChI is InChI=1S/C7H16N2O5S/c1-4-14-7(11)8-15(12,13)9(3)6(2)5-10/h6,10H,4-5H2,1-3H3,(H,8,11). The largest absolute Gasteiger partial charge is 0.449 e. The van der Waals surface area contributed by atoms with Gasteiger partial charge in [-0.15, -0.1) is 0 Å². The van der Waals surface area contributed by atoms with Crippen LogP contribution in [0.1, 0.15) is 13.8 Å². The third-order valence-electron chi connectivity index (χ3n) is 1.75. The first kappa shape index (κ1) is 14.1. The number of carbonyl (C=O) groups excluding carboxylic acids is 1. The SMILES string of the molecule is CCOC(=O)NS(=O)(=O)N(C)C(C)CO. The second kappa shape index (κ2) is 5.89. The molecule has 0 rings (SSSR count). The molecule has 0 spiro atoms. The first-order valence-corrected chi connectivity index (χ1v) is 5.82. The predicted octanol–water partition coefficient (Wildman–Crippen LogP) is -0.710. The molecule has 0 aliphatic heterocycles. The van der Waals surface area contributed by atoms with Crippen molar-refractivity contribution in [2.45, 2.75) is 19.9 Å². The Balaban J connectivity index is 4.48. The molecule has 0 radical (unpaired) electrons. The van der Waals surface area contributed by atoms with Crippen molar-refractivity contribution in [1.82, 2.24) is 9.03 Å². The van der Waals surface area contributed by atoms with Crippen LogP contribution in [0, 0.1) is 0 Å². The van der Waals surface area contributed by atoms with E-state index in [1.165, 1.54) is 14.0 Å². The fourth-order valence-electron chi connectivity index (χ4n) is 0.690. The second-order valence-corrected chi connectivity index (χ2v) is 4.61. The lowest BCUT2D eigenvalue weighted by Gasteiger charge is -2.22. The van der Waals surface area contributed by atoms with Crippen LogP contribution in [0.3, 0.4) is 0 Å². The van der Waals surface area contributed by atoms with Crippen LogP contribution in [0.5, 0.6) is 0 Å². The summed E-state index contributed by atoms with van der Waals surface area (Å²) < 4.78 is 29.8. The van der Waals surface area contributed by atoms with Gasteiger partial charge in [0.1, 0.15) is 0 Å². The van der Waals surface area contributed by atoms with E-state index in [0.29, 0.717) is 0 Å². The number of aliphatic hydroxyl groups is 1. The highest BCUT2D eigenvalue weighted by molar-refractivity contribution is 7.87. The summed E-state index contributed by atoms with van der Waals surface area (Å²) in [5, 5.41) is 8.76. The van der Waals surface area contributed by atoms with E-state index in [9.17, 15) is 13.2 Å². The van der Waals surface area contributed by atoms with E-state index in [-0.39, 0.29) is 13.2 Å². The molecule has 0 aliphatic carbocycles. The summed E-state index contributed by atoms with van der Waals surface area (Å²) in [5.74, 6) is 0. The van der Waals surface area contributed by atoms with Crippen LogP contribution < -0.4 is 4.72 Å². The topological polar surface area (TPSA) is 95.9 Å². The lowest BCUT2D eigenvalue weighted by atomic mass is 10.4. The number of hydrogen-bond donors (Lipinski definition) is 2. The molecule has 8 heteroatoms. The van der Waals surface area contributed by atoms with Gasteiger partial charge in [-0.05, 0) is 13.8 Å². The number of nitrogens with one attached hydrogen (secondary N) is 1. The van der Waals surface area contributed by atoms with Gasteiger partial charge in [-0.2, -0.15) is 12.7 Å². The Morgan fingerprint density at radius 3 is 2.53 bits per heavy atom. The Morgan fingerprint density at radius 2 is 2.13 bits per heavy atom. The molecule has 0 aromatic carbocycles. The molecule has 0 aromatic heterocycles. The molecule has 1 atom stereocenters. The highest BCUT2D eigenvalue weighted by Crippen LogP contribution is 2.01. The summed E-state index contributed by atoms with van der Waals surface area (Å²) in [7, 11) is -2.69. The minimum atomic E-state index is -3.94. The van der Waals surface area contributed by atoms with Crippen LogP contribution in [-0.4, -0.2) is 50.2 Å². The molecule has 0 fully saturated rings. The van der Waals surface area contributed by atoms with Crippen molar-refractivity contribution in [3.63, 3.8) is 0 Å². The minimum absolute atomic E-state index is 0.0839. The van der Waals surface area contributed by atoms with Crippen LogP contribution in [-0.2, 0) is 14.9 Å². The summed E-state index contributed by atoms with van der Waals surface area (Å²) in [5.41, 5.74) is 0. The summed E-state index contributed by atoms with van der Waals surface area (Å²) in [6.07, 6.45) is -1.03. The molecule has 0 heterocycles. The van der Waals surface area contributed by atoms with Crippen molar-refractivity contribution in [3.05, 3.63) is 0 Å². The quantitative estimate of drug-likeness (QED) is 0.661. The van der Waals surface area contributed by atoms with Crippen molar-refractivity contribution < 1.29 is 23.1 Å². The van der Waals surface area contributed by atoms with Crippen LogP contribution in [0.25, 0.3) is 0 Å². The van der Waals surface area contributed by atoms with E-state index in [1.54, 1.807) is 11.6 Å². The maximum atomic E-state index is 11.4. The van der Waals surface area contributed by atoms with Gasteiger partial charge in [0.15, 0.2) is 0 Å². The molecule has 7 nitrogen and oxygen atoms in total. The smallest absolute Gasteiger partial charge is 0.421 e. The average molecular weight is 240 g/mol. The van der Waals surface area contributed by atoms with Crippen LogP contribution in [0.2, 0.25) is 0 Å². The summed E-state index contributed by atoms with van der Waals surface area (Å²) in [6.45, 7) is 2.82. The number of amides is 1. The number of carbonyl (C=O) groups is 1. The molecular formula is C7H16N2O5S. The highest BCUT2D eigenvalue weighted by atomic mass is 32.2. The Labute approximate surface area is 89.2 Å². The lowest BCUT2D eigenvalue weighted by Crippen LogP contribution is -2.46. The van der Waals surface area contributed by atoms with Crippen LogP contribution in [0.15, 0.2) is 0 Å². The zero-order chi connectivity index (χ0) is 12.1. The maximum absolute atomic E-state index is 11.4. The van der Waals surface area contributed by atoms with Gasteiger partial charge >= 0.3 is 16.3 Å². The van der Waals surface area contributed by atoms with Gasteiger partial charge in [-0.3, -0.25) is 0 Å². The van der Waals surface area contributed by atoms with Gasteiger partial charge in [0.2, 0.25) is 0 Å². The molecule has 1 amide bonds. The van der Waals surface area contributed by atoms with Gasteiger partial charge in [0.05, 0.1) is 13.2 Å². The third kappa shape index (κ3) is 4.45. The van der Waals surface area contributed by atoms with Crippen molar-refractivity contribution in [1.29, 1.82) is 0 Å². The molecule has 0 saturated heterocycles. The van der Waals surface area contributed by atoms with E-state index >= 15 is 0 Å². The number of ether oxygens (including phenoxy) is 1.